The maximum absolute atomic E-state index is 12.5. The van der Waals surface area contributed by atoms with Gasteiger partial charge in [0, 0.05) is 6.54 Å². The van der Waals surface area contributed by atoms with Crippen molar-refractivity contribution in [3.63, 3.8) is 0 Å². The number of nitrogens with one attached hydrogen (secondary N) is 1. The fourth-order valence-electron chi connectivity index (χ4n) is 4.60. The summed E-state index contributed by atoms with van der Waals surface area (Å²) in [6, 6.07) is 8.84. The first-order valence-corrected chi connectivity index (χ1v) is 11.7. The van der Waals surface area contributed by atoms with Crippen molar-refractivity contribution in [2.75, 3.05) is 39.9 Å². The molecule has 3 aromatic rings. The molecular weight excluding hydrogens is 420 g/mol. The van der Waals surface area contributed by atoms with Crippen molar-refractivity contribution < 1.29 is 14.0 Å². The summed E-state index contributed by atoms with van der Waals surface area (Å²) in [5, 5.41) is 0. The van der Waals surface area contributed by atoms with E-state index in [1.54, 1.807) is 16.5 Å². The zero-order chi connectivity index (χ0) is 22.8. The number of aromatic amines is 1. The van der Waals surface area contributed by atoms with E-state index in [0.29, 0.717) is 43.0 Å². The van der Waals surface area contributed by atoms with Crippen LogP contribution in [0.4, 0.5) is 0 Å². The third kappa shape index (κ3) is 4.64. The minimum absolute atomic E-state index is 0.214. The molecule has 1 atom stereocenters. The number of unbranched alkanes of at least 4 members (excludes halogenated alkanes) is 1. The Kier molecular flexibility index (Phi) is 6.13. The molecular formula is C24H31N6O3+. The molecule has 1 fully saturated rings. The monoisotopic (exact) mass is 451 g/mol. The van der Waals surface area contributed by atoms with E-state index in [1.165, 1.54) is 6.42 Å². The smallest absolute Gasteiger partial charge is 0.328 e. The SMILES string of the molecule is CCCCOc1ncc2[nH]c(=O)n(Cc3ccc(OCCN4CC5=[N+](C)CC4C5)cc3)c2n1. The van der Waals surface area contributed by atoms with Crippen molar-refractivity contribution in [3.05, 3.63) is 46.5 Å². The first-order chi connectivity index (χ1) is 16.1. The Hall–Kier alpha value is -3.20. The van der Waals surface area contributed by atoms with Gasteiger partial charge in [-0.2, -0.15) is 4.98 Å². The van der Waals surface area contributed by atoms with E-state index in [9.17, 15) is 4.79 Å². The highest BCUT2D eigenvalue weighted by Gasteiger charge is 2.41. The summed E-state index contributed by atoms with van der Waals surface area (Å²) in [5.74, 6) is 0.841. The van der Waals surface area contributed by atoms with E-state index < -0.39 is 0 Å². The van der Waals surface area contributed by atoms with E-state index in [0.717, 1.165) is 43.8 Å². The van der Waals surface area contributed by atoms with Gasteiger partial charge in [-0.3, -0.25) is 9.47 Å². The Labute approximate surface area is 192 Å². The number of imidazole rings is 1. The normalized spacial score (nSPS) is 17.9. The molecule has 0 amide bonds. The number of likely N-dealkylation sites (N-methyl/N-ethyl adjacent to an activating group) is 1. The molecule has 2 aliphatic rings. The molecule has 1 N–H and O–H groups in total. The zero-order valence-corrected chi connectivity index (χ0v) is 19.3. The van der Waals surface area contributed by atoms with E-state index in [4.69, 9.17) is 9.47 Å². The van der Waals surface area contributed by atoms with Crippen LogP contribution < -0.4 is 15.2 Å². The van der Waals surface area contributed by atoms with Gasteiger partial charge < -0.3 is 14.5 Å². The van der Waals surface area contributed by atoms with Crippen LogP contribution in [0.5, 0.6) is 11.8 Å². The summed E-state index contributed by atoms with van der Waals surface area (Å²) in [4.78, 5) is 26.4. The lowest BCUT2D eigenvalue weighted by Crippen LogP contribution is -2.41. The first-order valence-electron chi connectivity index (χ1n) is 11.7. The van der Waals surface area contributed by atoms with Crippen molar-refractivity contribution >= 4 is 16.9 Å². The van der Waals surface area contributed by atoms with Gasteiger partial charge in [-0.05, 0) is 24.1 Å². The Bertz CT molecular complexity index is 1210. The van der Waals surface area contributed by atoms with Gasteiger partial charge in [0.15, 0.2) is 17.9 Å². The lowest BCUT2D eigenvalue weighted by molar-refractivity contribution is -0.499. The predicted octanol–water partition coefficient (Wildman–Crippen LogP) is 1.90. The number of fused-ring (bicyclic) bond motifs is 3. The third-order valence-corrected chi connectivity index (χ3v) is 6.53. The van der Waals surface area contributed by atoms with Gasteiger partial charge in [-0.15, -0.1) is 0 Å². The number of hydrogen-bond donors (Lipinski definition) is 1. The number of likely N-dealkylation sites (tertiary alicyclic amines) is 1. The van der Waals surface area contributed by atoms with Crippen LogP contribution in [-0.4, -0.2) is 80.6 Å². The maximum Gasteiger partial charge on any atom is 0.328 e. The summed E-state index contributed by atoms with van der Waals surface area (Å²) in [6.45, 7) is 6.89. The van der Waals surface area contributed by atoms with Crippen molar-refractivity contribution in [2.24, 2.45) is 0 Å². The summed E-state index contributed by atoms with van der Waals surface area (Å²) in [6.07, 6.45) is 4.77. The Morgan fingerprint density at radius 1 is 1.21 bits per heavy atom. The zero-order valence-electron chi connectivity index (χ0n) is 19.3. The molecule has 2 aromatic heterocycles. The van der Waals surface area contributed by atoms with Gasteiger partial charge in [0.2, 0.25) is 0 Å². The Morgan fingerprint density at radius 2 is 2.06 bits per heavy atom. The summed E-state index contributed by atoms with van der Waals surface area (Å²) >= 11 is 0. The second-order valence-corrected chi connectivity index (χ2v) is 8.88. The van der Waals surface area contributed by atoms with Crippen LogP contribution in [0.2, 0.25) is 0 Å². The van der Waals surface area contributed by atoms with Crippen LogP contribution in [0.1, 0.15) is 31.7 Å². The molecule has 0 saturated carbocycles. The average Bonchev–Trinajstić information content (AvgIpc) is 3.47. The van der Waals surface area contributed by atoms with Gasteiger partial charge in [0.05, 0.1) is 38.4 Å². The molecule has 0 aliphatic carbocycles. The minimum Gasteiger partial charge on any atom is -0.492 e. The highest BCUT2D eigenvalue weighted by atomic mass is 16.5. The second-order valence-electron chi connectivity index (χ2n) is 8.88. The number of benzene rings is 1. The molecule has 1 saturated heterocycles. The molecule has 9 nitrogen and oxygen atoms in total. The van der Waals surface area contributed by atoms with Crippen LogP contribution in [0, 0.1) is 0 Å². The van der Waals surface area contributed by atoms with Gasteiger partial charge in [-0.25, -0.2) is 14.4 Å². The number of rotatable bonds is 10. The van der Waals surface area contributed by atoms with Crippen LogP contribution in [0.25, 0.3) is 11.2 Å². The highest BCUT2D eigenvalue weighted by molar-refractivity contribution is 5.85. The fraction of sp³-hybridized carbons (Fsp3) is 0.500. The van der Waals surface area contributed by atoms with E-state index in [-0.39, 0.29) is 5.69 Å². The molecule has 2 aliphatic heterocycles. The number of H-pyrrole nitrogens is 1. The lowest BCUT2D eigenvalue weighted by Gasteiger charge is -2.22. The summed E-state index contributed by atoms with van der Waals surface area (Å²) in [5.41, 5.74) is 3.47. The van der Waals surface area contributed by atoms with E-state index in [2.05, 4.69) is 38.4 Å². The number of hydrogen-bond acceptors (Lipinski definition) is 6. The second kappa shape index (κ2) is 9.35. The molecule has 0 radical (unpaired) electrons. The molecule has 9 heteroatoms. The first kappa shape index (κ1) is 21.6. The van der Waals surface area contributed by atoms with Gasteiger partial charge in [0.25, 0.3) is 0 Å². The minimum atomic E-state index is -0.214. The number of nitrogens with zero attached hydrogens (tertiary/aromatic N) is 5. The van der Waals surface area contributed by atoms with Crippen molar-refractivity contribution in [3.8, 4) is 11.8 Å². The molecule has 0 spiro atoms. The molecule has 1 aromatic carbocycles. The van der Waals surface area contributed by atoms with Crippen LogP contribution >= 0.6 is 0 Å². The molecule has 4 heterocycles. The quantitative estimate of drug-likeness (QED) is 0.374. The van der Waals surface area contributed by atoms with Crippen LogP contribution in [0.15, 0.2) is 35.3 Å². The third-order valence-electron chi connectivity index (χ3n) is 6.53. The summed E-state index contributed by atoms with van der Waals surface area (Å²) < 4.78 is 15.6. The van der Waals surface area contributed by atoms with Crippen molar-refractivity contribution in [1.82, 2.24) is 24.4 Å². The number of aromatic nitrogens is 4. The van der Waals surface area contributed by atoms with Crippen molar-refractivity contribution in [2.45, 2.75) is 38.8 Å². The Morgan fingerprint density at radius 3 is 2.79 bits per heavy atom. The Balaban J connectivity index is 1.19. The average molecular weight is 452 g/mol. The van der Waals surface area contributed by atoms with Crippen LogP contribution in [0.3, 0.4) is 0 Å². The predicted molar refractivity (Wildman–Crippen MR) is 126 cm³/mol. The van der Waals surface area contributed by atoms with Gasteiger partial charge in [0.1, 0.15) is 24.9 Å². The van der Waals surface area contributed by atoms with Crippen molar-refractivity contribution in [1.29, 1.82) is 0 Å². The number of ether oxygens (including phenoxy) is 2. The standard InChI is InChI=1S/C24H30N6O3/c1-3-4-10-33-23-25-13-21-22(27-23)30(24(31)26-21)14-17-5-7-20(8-6-17)32-11-9-29-16-18-12-19(29)15-28(18)2/h5-8,13,19H,3-4,9-12,14-16H2,1-2H3/p+1. The molecule has 2 bridgehead atoms. The van der Waals surface area contributed by atoms with Gasteiger partial charge >= 0.3 is 11.7 Å². The maximum atomic E-state index is 12.5. The highest BCUT2D eigenvalue weighted by Crippen LogP contribution is 2.21. The van der Waals surface area contributed by atoms with E-state index >= 15 is 0 Å². The largest absolute Gasteiger partial charge is 0.492 e. The molecule has 174 valence electrons. The van der Waals surface area contributed by atoms with E-state index in [1.807, 2.05) is 24.3 Å². The lowest BCUT2D eigenvalue weighted by atomic mass is 10.2. The fourth-order valence-corrected chi connectivity index (χ4v) is 4.60. The van der Waals surface area contributed by atoms with Gasteiger partial charge in [-0.1, -0.05) is 25.5 Å². The summed E-state index contributed by atoms with van der Waals surface area (Å²) in [7, 11) is 2.18. The molecule has 1 unspecified atom stereocenters. The molecule has 5 rings (SSSR count). The topological polar surface area (TPSA) is 88.3 Å². The van der Waals surface area contributed by atoms with Crippen LogP contribution in [-0.2, 0) is 6.54 Å². The molecule has 33 heavy (non-hydrogen) atoms.